The first-order chi connectivity index (χ1) is 14.2. The van der Waals surface area contributed by atoms with E-state index in [-0.39, 0.29) is 18.0 Å². The van der Waals surface area contributed by atoms with Crippen LogP contribution < -0.4 is 15.5 Å². The quantitative estimate of drug-likeness (QED) is 0.381. The van der Waals surface area contributed by atoms with E-state index in [0.717, 1.165) is 24.8 Å². The molecule has 1 amide bonds. The number of carbonyl (C=O) groups excluding carboxylic acids is 1. The van der Waals surface area contributed by atoms with Crippen LogP contribution in [-0.4, -0.2) is 36.9 Å². The maximum absolute atomic E-state index is 12.8. The molecule has 2 heterocycles. The average molecular weight is 401 g/mol. The van der Waals surface area contributed by atoms with E-state index in [4.69, 9.17) is 14.3 Å². The molecule has 3 rings (SSSR count). The number of pyridine rings is 1. The van der Waals surface area contributed by atoms with Crippen molar-refractivity contribution < 1.29 is 23.5 Å². The van der Waals surface area contributed by atoms with Crippen molar-refractivity contribution in [2.24, 2.45) is 0 Å². The molecule has 0 saturated carbocycles. The minimum absolute atomic E-state index is 0.294. The highest BCUT2D eigenvalue weighted by molar-refractivity contribution is 5.90. The lowest BCUT2D eigenvalue weighted by Gasteiger charge is -2.21. The largest absolute Gasteiger partial charge is 0.492 e. The zero-order valence-corrected chi connectivity index (χ0v) is 16.0. The van der Waals surface area contributed by atoms with Crippen molar-refractivity contribution in [1.29, 1.82) is 0 Å². The molecule has 0 aliphatic carbocycles. The van der Waals surface area contributed by atoms with Gasteiger partial charge < -0.3 is 14.8 Å². The van der Waals surface area contributed by atoms with Gasteiger partial charge in [0.1, 0.15) is 24.0 Å². The third kappa shape index (κ3) is 7.52. The molecule has 1 aromatic heterocycles. The van der Waals surface area contributed by atoms with Crippen LogP contribution in [0.5, 0.6) is 5.75 Å². The van der Waals surface area contributed by atoms with E-state index in [1.165, 1.54) is 18.2 Å². The number of rotatable bonds is 9. The number of halogens is 1. The third-order valence-electron chi connectivity index (χ3n) is 4.13. The van der Waals surface area contributed by atoms with E-state index >= 15 is 0 Å². The van der Waals surface area contributed by atoms with Crippen molar-refractivity contribution in [2.75, 3.05) is 25.1 Å². The predicted molar refractivity (Wildman–Crippen MR) is 106 cm³/mol. The molecule has 0 bridgehead atoms. The summed E-state index contributed by atoms with van der Waals surface area (Å²) >= 11 is 0. The number of hydrogen-bond donors (Lipinski definition) is 2. The molecule has 2 N–H and O–H groups in total. The highest BCUT2D eigenvalue weighted by atomic mass is 19.1. The molecule has 8 heteroatoms. The van der Waals surface area contributed by atoms with Crippen molar-refractivity contribution >= 4 is 17.8 Å². The molecule has 1 aromatic carbocycles. The second-order valence-electron chi connectivity index (χ2n) is 6.42. The Balaban J connectivity index is 1.34. The number of nitrogens with zero attached hydrogens (tertiary/aromatic N) is 1. The zero-order chi connectivity index (χ0) is 20.3. The summed E-state index contributed by atoms with van der Waals surface area (Å²) in [5, 5.41) is 3.13. The van der Waals surface area contributed by atoms with E-state index in [0.29, 0.717) is 31.3 Å². The number of aromatic nitrogens is 1. The van der Waals surface area contributed by atoms with Crippen molar-refractivity contribution in [1.82, 2.24) is 10.5 Å². The Kier molecular flexibility index (Phi) is 7.97. The van der Waals surface area contributed by atoms with Crippen LogP contribution in [0, 0.1) is 5.82 Å². The predicted octanol–water partition coefficient (Wildman–Crippen LogP) is 3.30. The van der Waals surface area contributed by atoms with Gasteiger partial charge in [-0.1, -0.05) is 0 Å². The van der Waals surface area contributed by atoms with Gasteiger partial charge in [-0.3, -0.25) is 4.79 Å². The fraction of sp³-hybridized carbons (Fsp3) is 0.333. The Morgan fingerprint density at radius 3 is 2.83 bits per heavy atom. The first-order valence-corrected chi connectivity index (χ1v) is 9.53. The average Bonchev–Trinajstić information content (AvgIpc) is 2.76. The lowest BCUT2D eigenvalue weighted by molar-refractivity contribution is -0.198. The molecular formula is C21H24FN3O4. The summed E-state index contributed by atoms with van der Waals surface area (Å²) in [5.74, 6) is 0.641. The maximum Gasteiger partial charge on any atom is 0.267 e. The Morgan fingerprint density at radius 1 is 1.24 bits per heavy atom. The first-order valence-electron chi connectivity index (χ1n) is 9.53. The van der Waals surface area contributed by atoms with E-state index in [2.05, 4.69) is 15.8 Å². The molecule has 0 spiro atoms. The Hall–Kier alpha value is -2.97. The van der Waals surface area contributed by atoms with Gasteiger partial charge in [0, 0.05) is 25.3 Å². The Morgan fingerprint density at radius 2 is 2.10 bits per heavy atom. The second kappa shape index (κ2) is 11.1. The smallest absolute Gasteiger partial charge is 0.267 e. The molecule has 1 fully saturated rings. The molecule has 1 unspecified atom stereocenters. The summed E-state index contributed by atoms with van der Waals surface area (Å²) in [4.78, 5) is 21.3. The Bertz CT molecular complexity index is 791. The van der Waals surface area contributed by atoms with Crippen LogP contribution in [0.3, 0.4) is 0 Å². The van der Waals surface area contributed by atoms with Crippen molar-refractivity contribution in [2.45, 2.75) is 25.6 Å². The number of amides is 1. The van der Waals surface area contributed by atoms with Crippen LogP contribution in [0.2, 0.25) is 0 Å². The highest BCUT2D eigenvalue weighted by Gasteiger charge is 2.14. The lowest BCUT2D eigenvalue weighted by Crippen LogP contribution is -2.32. The molecule has 1 saturated heterocycles. The van der Waals surface area contributed by atoms with E-state index in [9.17, 15) is 9.18 Å². The van der Waals surface area contributed by atoms with Crippen molar-refractivity contribution in [3.05, 3.63) is 60.1 Å². The van der Waals surface area contributed by atoms with Gasteiger partial charge in [0.2, 0.25) is 0 Å². The van der Waals surface area contributed by atoms with Crippen LogP contribution in [0.1, 0.15) is 24.8 Å². The summed E-state index contributed by atoms with van der Waals surface area (Å²) in [7, 11) is 0. The molecule has 2 aromatic rings. The van der Waals surface area contributed by atoms with Gasteiger partial charge in [0.05, 0.1) is 6.54 Å². The third-order valence-corrected chi connectivity index (χ3v) is 4.13. The number of nitrogens with one attached hydrogen (secondary N) is 2. The normalized spacial score (nSPS) is 16.5. The zero-order valence-electron chi connectivity index (χ0n) is 16.0. The number of benzene rings is 1. The Labute approximate surface area is 168 Å². The fourth-order valence-electron chi connectivity index (χ4n) is 2.62. The molecule has 154 valence electrons. The van der Waals surface area contributed by atoms with E-state index in [1.54, 1.807) is 24.4 Å². The monoisotopic (exact) mass is 401 g/mol. The number of hydroxylamine groups is 1. The molecular weight excluding hydrogens is 377 g/mol. The van der Waals surface area contributed by atoms with Gasteiger partial charge in [0.25, 0.3) is 5.91 Å². The van der Waals surface area contributed by atoms with Gasteiger partial charge in [-0.25, -0.2) is 19.7 Å². The second-order valence-corrected chi connectivity index (χ2v) is 6.42. The molecule has 1 aliphatic heterocycles. The molecule has 1 atom stereocenters. The van der Waals surface area contributed by atoms with Crippen LogP contribution in [0.25, 0.3) is 6.08 Å². The van der Waals surface area contributed by atoms with Crippen LogP contribution in [0.15, 0.2) is 48.7 Å². The number of hydrogen-bond acceptors (Lipinski definition) is 6. The van der Waals surface area contributed by atoms with Crippen LogP contribution in [-0.2, 0) is 14.4 Å². The van der Waals surface area contributed by atoms with Gasteiger partial charge >= 0.3 is 0 Å². The summed E-state index contributed by atoms with van der Waals surface area (Å²) in [6, 6.07) is 9.52. The van der Waals surface area contributed by atoms with E-state index in [1.807, 2.05) is 12.1 Å². The summed E-state index contributed by atoms with van der Waals surface area (Å²) in [6.45, 7) is 1.61. The topological polar surface area (TPSA) is 81.7 Å². The fourth-order valence-corrected chi connectivity index (χ4v) is 2.62. The minimum Gasteiger partial charge on any atom is -0.492 e. The lowest BCUT2D eigenvalue weighted by atomic mass is 10.2. The molecule has 1 aliphatic rings. The summed E-state index contributed by atoms with van der Waals surface area (Å²) in [5.41, 5.74) is 3.15. The summed E-state index contributed by atoms with van der Waals surface area (Å²) < 4.78 is 23.7. The van der Waals surface area contributed by atoms with Gasteiger partial charge in [0.15, 0.2) is 6.29 Å². The van der Waals surface area contributed by atoms with E-state index < -0.39 is 0 Å². The molecule has 0 radical (unpaired) electrons. The molecule has 29 heavy (non-hydrogen) atoms. The van der Waals surface area contributed by atoms with Crippen LogP contribution in [0.4, 0.5) is 10.2 Å². The number of ether oxygens (including phenoxy) is 2. The number of carbonyl (C=O) groups is 1. The van der Waals surface area contributed by atoms with Crippen molar-refractivity contribution in [3.8, 4) is 5.75 Å². The van der Waals surface area contributed by atoms with Crippen LogP contribution >= 0.6 is 0 Å². The summed E-state index contributed by atoms with van der Waals surface area (Å²) in [6.07, 6.45) is 7.13. The van der Waals surface area contributed by atoms with Gasteiger partial charge in [-0.05, 0) is 60.9 Å². The maximum atomic E-state index is 12.8. The van der Waals surface area contributed by atoms with Crippen molar-refractivity contribution in [3.63, 3.8) is 0 Å². The standard InChI is InChI=1S/C21H24FN3O4/c22-17-6-8-18(9-7-17)27-14-12-23-19-10-4-16(15-24-19)5-11-20(26)25-29-21-3-1-2-13-28-21/h4-11,15,21H,1-3,12-14H2,(H,23,24)(H,25,26). The SMILES string of the molecule is O=C(C=Cc1ccc(NCCOc2ccc(F)cc2)nc1)NOC1CCCCO1. The minimum atomic E-state index is -0.375. The highest BCUT2D eigenvalue weighted by Crippen LogP contribution is 2.13. The van der Waals surface area contributed by atoms with Gasteiger partial charge in [-0.15, -0.1) is 0 Å². The number of anilines is 1. The van der Waals surface area contributed by atoms with Gasteiger partial charge in [-0.2, -0.15) is 0 Å². The molecule has 7 nitrogen and oxygen atoms in total. The first kappa shape index (κ1) is 20.8.